The number of hydrogen-bond donors (Lipinski definition) is 2. The van der Waals surface area contributed by atoms with Crippen LogP contribution in [0.5, 0.6) is 0 Å². The smallest absolute Gasteiger partial charge is 0.262 e. The average molecular weight is 359 g/mol. The van der Waals surface area contributed by atoms with E-state index in [1.54, 1.807) is 12.1 Å². The molecule has 0 spiro atoms. The predicted octanol–water partition coefficient (Wildman–Crippen LogP) is 3.28. The number of nitrogens with one attached hydrogen (secondary N) is 1. The van der Waals surface area contributed by atoms with Crippen molar-refractivity contribution < 1.29 is 12.8 Å². The Kier molecular flexibility index (Phi) is 4.01. The SMILES string of the molecule is Cc1ccc(Br)c(NS(=O)(=O)c2ccc(F)c(N)c2)c1. The number of sulfonamides is 1. The van der Waals surface area contributed by atoms with Crippen LogP contribution in [0.15, 0.2) is 45.8 Å². The van der Waals surface area contributed by atoms with Crippen LogP contribution in [-0.2, 0) is 10.0 Å². The number of benzene rings is 2. The Morgan fingerprint density at radius 2 is 1.90 bits per heavy atom. The summed E-state index contributed by atoms with van der Waals surface area (Å²) in [6.07, 6.45) is 0. The standard InChI is InChI=1S/C13H12BrFN2O2S/c1-8-2-4-10(14)13(6-8)17-20(18,19)9-3-5-11(15)12(16)7-9/h2-7,17H,16H2,1H3. The topological polar surface area (TPSA) is 72.2 Å². The van der Waals surface area contributed by atoms with E-state index >= 15 is 0 Å². The number of aryl methyl sites for hydroxylation is 1. The number of anilines is 2. The number of nitrogen functional groups attached to an aromatic ring is 1. The molecule has 0 saturated heterocycles. The molecule has 0 heterocycles. The van der Waals surface area contributed by atoms with Gasteiger partial charge in [0.15, 0.2) is 0 Å². The van der Waals surface area contributed by atoms with E-state index in [-0.39, 0.29) is 10.6 Å². The van der Waals surface area contributed by atoms with Gasteiger partial charge in [0.1, 0.15) is 5.82 Å². The summed E-state index contributed by atoms with van der Waals surface area (Å²) in [6.45, 7) is 1.85. The van der Waals surface area contributed by atoms with Crippen molar-refractivity contribution in [3.63, 3.8) is 0 Å². The van der Waals surface area contributed by atoms with Crippen LogP contribution in [0.1, 0.15) is 5.56 Å². The van der Waals surface area contributed by atoms with E-state index in [1.807, 2.05) is 13.0 Å². The fraction of sp³-hybridized carbons (Fsp3) is 0.0769. The lowest BCUT2D eigenvalue weighted by molar-refractivity contribution is 0.600. The highest BCUT2D eigenvalue weighted by molar-refractivity contribution is 9.10. The number of hydrogen-bond acceptors (Lipinski definition) is 3. The molecule has 0 aromatic heterocycles. The van der Waals surface area contributed by atoms with Crippen LogP contribution in [-0.4, -0.2) is 8.42 Å². The van der Waals surface area contributed by atoms with Crippen LogP contribution in [0.4, 0.5) is 15.8 Å². The molecule has 0 atom stereocenters. The molecule has 0 radical (unpaired) electrons. The van der Waals surface area contributed by atoms with Gasteiger partial charge < -0.3 is 5.73 Å². The van der Waals surface area contributed by atoms with E-state index in [0.29, 0.717) is 10.2 Å². The lowest BCUT2D eigenvalue weighted by Crippen LogP contribution is -2.14. The molecule has 0 aliphatic rings. The van der Waals surface area contributed by atoms with Crippen molar-refractivity contribution >= 4 is 37.3 Å². The zero-order valence-electron chi connectivity index (χ0n) is 10.5. The molecule has 0 aliphatic carbocycles. The van der Waals surface area contributed by atoms with Crippen LogP contribution < -0.4 is 10.5 Å². The second-order valence-electron chi connectivity index (χ2n) is 4.27. The van der Waals surface area contributed by atoms with Crippen LogP contribution >= 0.6 is 15.9 Å². The first kappa shape index (κ1) is 14.8. The Morgan fingerprint density at radius 1 is 1.20 bits per heavy atom. The maximum Gasteiger partial charge on any atom is 0.262 e. The fourth-order valence-electron chi connectivity index (χ4n) is 1.61. The Morgan fingerprint density at radius 3 is 2.55 bits per heavy atom. The Hall–Kier alpha value is -1.60. The molecule has 2 aromatic rings. The fourth-order valence-corrected chi connectivity index (χ4v) is 3.19. The quantitative estimate of drug-likeness (QED) is 0.827. The van der Waals surface area contributed by atoms with Gasteiger partial charge in [-0.25, -0.2) is 12.8 Å². The zero-order valence-corrected chi connectivity index (χ0v) is 12.9. The minimum Gasteiger partial charge on any atom is -0.396 e. The molecule has 106 valence electrons. The Labute approximate surface area is 125 Å². The monoisotopic (exact) mass is 358 g/mol. The third kappa shape index (κ3) is 3.10. The molecular formula is C13H12BrFN2O2S. The Balaban J connectivity index is 2.40. The maximum atomic E-state index is 13.1. The van der Waals surface area contributed by atoms with Gasteiger partial charge >= 0.3 is 0 Å². The lowest BCUT2D eigenvalue weighted by atomic mass is 10.2. The van der Waals surface area contributed by atoms with Crippen molar-refractivity contribution in [2.45, 2.75) is 11.8 Å². The van der Waals surface area contributed by atoms with Crippen molar-refractivity contribution in [1.82, 2.24) is 0 Å². The molecular weight excluding hydrogens is 347 g/mol. The second kappa shape index (κ2) is 5.41. The molecule has 0 fully saturated rings. The summed E-state index contributed by atoms with van der Waals surface area (Å²) in [7, 11) is -3.82. The first-order chi connectivity index (χ1) is 9.29. The van der Waals surface area contributed by atoms with Crippen LogP contribution in [0, 0.1) is 12.7 Å². The summed E-state index contributed by atoms with van der Waals surface area (Å²) in [5.74, 6) is -0.652. The maximum absolute atomic E-state index is 13.1. The van der Waals surface area contributed by atoms with E-state index < -0.39 is 15.8 Å². The minimum absolute atomic E-state index is 0.0928. The second-order valence-corrected chi connectivity index (χ2v) is 6.81. The molecule has 4 nitrogen and oxygen atoms in total. The third-order valence-electron chi connectivity index (χ3n) is 2.64. The van der Waals surface area contributed by atoms with Gasteiger partial charge in [-0.3, -0.25) is 4.72 Å². The van der Waals surface area contributed by atoms with Gasteiger partial charge in [-0.2, -0.15) is 0 Å². The van der Waals surface area contributed by atoms with E-state index in [1.165, 1.54) is 0 Å². The molecule has 0 bridgehead atoms. The molecule has 0 saturated carbocycles. The highest BCUT2D eigenvalue weighted by Gasteiger charge is 2.17. The van der Waals surface area contributed by atoms with Gasteiger partial charge in [0, 0.05) is 4.47 Å². The lowest BCUT2D eigenvalue weighted by Gasteiger charge is -2.11. The van der Waals surface area contributed by atoms with Gasteiger partial charge in [-0.1, -0.05) is 6.07 Å². The van der Waals surface area contributed by atoms with E-state index in [2.05, 4.69) is 20.7 Å². The normalized spacial score (nSPS) is 11.3. The van der Waals surface area contributed by atoms with Crippen molar-refractivity contribution in [1.29, 1.82) is 0 Å². The average Bonchev–Trinajstić information content (AvgIpc) is 2.36. The van der Waals surface area contributed by atoms with Gasteiger partial charge in [-0.05, 0) is 58.7 Å². The summed E-state index contributed by atoms with van der Waals surface area (Å²) in [6, 6.07) is 8.55. The summed E-state index contributed by atoms with van der Waals surface area (Å²) >= 11 is 3.27. The van der Waals surface area contributed by atoms with Crippen molar-refractivity contribution in [3.8, 4) is 0 Å². The molecule has 3 N–H and O–H groups in total. The van der Waals surface area contributed by atoms with Gasteiger partial charge in [0.2, 0.25) is 0 Å². The largest absolute Gasteiger partial charge is 0.396 e. The summed E-state index contributed by atoms with van der Waals surface area (Å²) < 4.78 is 40.6. The molecule has 20 heavy (non-hydrogen) atoms. The molecule has 2 aromatic carbocycles. The summed E-state index contributed by atoms with van der Waals surface area (Å²) in [4.78, 5) is -0.0928. The molecule has 0 unspecified atom stereocenters. The molecule has 7 heteroatoms. The van der Waals surface area contributed by atoms with E-state index in [0.717, 1.165) is 23.8 Å². The van der Waals surface area contributed by atoms with Gasteiger partial charge in [0.05, 0.1) is 16.3 Å². The van der Waals surface area contributed by atoms with Gasteiger partial charge in [0.25, 0.3) is 10.0 Å². The van der Waals surface area contributed by atoms with Crippen LogP contribution in [0.2, 0.25) is 0 Å². The van der Waals surface area contributed by atoms with Crippen molar-refractivity contribution in [2.24, 2.45) is 0 Å². The number of rotatable bonds is 3. The number of nitrogens with two attached hydrogens (primary N) is 1. The van der Waals surface area contributed by atoms with Crippen molar-refractivity contribution in [3.05, 3.63) is 52.3 Å². The summed E-state index contributed by atoms with van der Waals surface area (Å²) in [5, 5.41) is 0. The molecule has 0 aliphatic heterocycles. The minimum atomic E-state index is -3.82. The first-order valence-electron chi connectivity index (χ1n) is 5.63. The first-order valence-corrected chi connectivity index (χ1v) is 7.91. The van der Waals surface area contributed by atoms with E-state index in [9.17, 15) is 12.8 Å². The van der Waals surface area contributed by atoms with Crippen molar-refractivity contribution in [2.75, 3.05) is 10.5 Å². The number of halogens is 2. The molecule has 0 amide bonds. The Bertz CT molecular complexity index is 763. The zero-order chi connectivity index (χ0) is 14.9. The van der Waals surface area contributed by atoms with E-state index in [4.69, 9.17) is 5.73 Å². The van der Waals surface area contributed by atoms with Crippen LogP contribution in [0.3, 0.4) is 0 Å². The molecule has 2 rings (SSSR count). The predicted molar refractivity (Wildman–Crippen MR) is 80.5 cm³/mol. The third-order valence-corrected chi connectivity index (χ3v) is 4.70. The highest BCUT2D eigenvalue weighted by Crippen LogP contribution is 2.26. The van der Waals surface area contributed by atoms with Crippen LogP contribution in [0.25, 0.3) is 0 Å². The van der Waals surface area contributed by atoms with Gasteiger partial charge in [-0.15, -0.1) is 0 Å². The summed E-state index contributed by atoms with van der Waals surface area (Å²) in [5.41, 5.74) is 6.49. The highest BCUT2D eigenvalue weighted by atomic mass is 79.9.